The van der Waals surface area contributed by atoms with Gasteiger partial charge in [-0.3, -0.25) is 0 Å². The van der Waals surface area contributed by atoms with E-state index < -0.39 is 15.3 Å². The van der Waals surface area contributed by atoms with Crippen LogP contribution in [0.15, 0.2) is 24.3 Å². The Labute approximate surface area is 131 Å². The Hall–Kier alpha value is -1.42. The van der Waals surface area contributed by atoms with Crippen LogP contribution in [0.25, 0.3) is 0 Å². The van der Waals surface area contributed by atoms with Crippen LogP contribution in [-0.4, -0.2) is 32.9 Å². The van der Waals surface area contributed by atoms with Gasteiger partial charge in [0.2, 0.25) is 10.0 Å². The summed E-state index contributed by atoms with van der Waals surface area (Å²) in [5, 5.41) is 8.44. The SMILES string of the molecule is N#Cc1ccc(CC2COCCC2S(=O)(=O)NC2CC2)cc1. The monoisotopic (exact) mass is 320 g/mol. The van der Waals surface area contributed by atoms with E-state index in [1.54, 1.807) is 12.1 Å². The Morgan fingerprint density at radius 3 is 2.59 bits per heavy atom. The van der Waals surface area contributed by atoms with Crippen molar-refractivity contribution in [2.45, 2.75) is 37.0 Å². The first-order valence-electron chi connectivity index (χ1n) is 7.66. The van der Waals surface area contributed by atoms with Gasteiger partial charge < -0.3 is 4.74 Å². The van der Waals surface area contributed by atoms with E-state index in [4.69, 9.17) is 10.00 Å². The van der Waals surface area contributed by atoms with Gasteiger partial charge in [-0.25, -0.2) is 13.1 Å². The van der Waals surface area contributed by atoms with E-state index in [2.05, 4.69) is 10.8 Å². The van der Waals surface area contributed by atoms with Crippen LogP contribution >= 0.6 is 0 Å². The van der Waals surface area contributed by atoms with Crippen molar-refractivity contribution in [3.8, 4) is 6.07 Å². The standard InChI is InChI=1S/C16H20N2O3S/c17-10-13-3-1-12(2-4-13)9-14-11-21-8-7-16(14)22(19,20)18-15-5-6-15/h1-4,14-16,18H,5-9,11H2. The van der Waals surface area contributed by atoms with Crippen LogP contribution in [0, 0.1) is 17.2 Å². The van der Waals surface area contributed by atoms with Crippen molar-refractivity contribution in [3.63, 3.8) is 0 Å². The Morgan fingerprint density at radius 2 is 1.95 bits per heavy atom. The molecule has 22 heavy (non-hydrogen) atoms. The maximum Gasteiger partial charge on any atom is 0.215 e. The molecule has 3 rings (SSSR count). The first-order chi connectivity index (χ1) is 10.6. The molecule has 5 nitrogen and oxygen atoms in total. The minimum Gasteiger partial charge on any atom is -0.381 e. The third kappa shape index (κ3) is 3.67. The number of hydrogen-bond donors (Lipinski definition) is 1. The third-order valence-corrected chi connectivity index (χ3v) is 6.37. The summed E-state index contributed by atoms with van der Waals surface area (Å²) in [6.45, 7) is 0.969. The second-order valence-electron chi connectivity index (χ2n) is 6.11. The Balaban J connectivity index is 1.72. The molecule has 0 aromatic heterocycles. The van der Waals surface area contributed by atoms with Gasteiger partial charge in [0.05, 0.1) is 23.5 Å². The number of sulfonamides is 1. The van der Waals surface area contributed by atoms with E-state index in [0.29, 0.717) is 31.6 Å². The van der Waals surface area contributed by atoms with E-state index in [1.807, 2.05) is 12.1 Å². The van der Waals surface area contributed by atoms with Gasteiger partial charge in [-0.05, 0) is 43.4 Å². The summed E-state index contributed by atoms with van der Waals surface area (Å²) in [4.78, 5) is 0. The zero-order valence-corrected chi connectivity index (χ0v) is 13.2. The van der Waals surface area contributed by atoms with Crippen molar-refractivity contribution in [1.29, 1.82) is 5.26 Å². The fourth-order valence-electron chi connectivity index (χ4n) is 2.92. The van der Waals surface area contributed by atoms with Crippen molar-refractivity contribution in [3.05, 3.63) is 35.4 Å². The minimum atomic E-state index is -3.28. The highest BCUT2D eigenvalue weighted by Crippen LogP contribution is 2.28. The summed E-state index contributed by atoms with van der Waals surface area (Å²) in [6, 6.07) is 9.56. The molecule has 1 aromatic rings. The summed E-state index contributed by atoms with van der Waals surface area (Å²) in [5.41, 5.74) is 1.66. The summed E-state index contributed by atoms with van der Waals surface area (Å²) in [6.07, 6.45) is 3.09. The van der Waals surface area contributed by atoms with Crippen LogP contribution in [0.4, 0.5) is 0 Å². The summed E-state index contributed by atoms with van der Waals surface area (Å²) in [5.74, 6) is -0.0436. The molecule has 1 saturated heterocycles. The maximum atomic E-state index is 12.5. The molecule has 1 aromatic carbocycles. The Kier molecular flexibility index (Phi) is 4.48. The predicted octanol–water partition coefficient (Wildman–Crippen LogP) is 1.59. The van der Waals surface area contributed by atoms with Gasteiger partial charge in [-0.2, -0.15) is 5.26 Å². The van der Waals surface area contributed by atoms with Gasteiger partial charge in [0.15, 0.2) is 0 Å². The molecule has 1 aliphatic carbocycles. The van der Waals surface area contributed by atoms with Crippen molar-refractivity contribution >= 4 is 10.0 Å². The molecule has 1 heterocycles. The van der Waals surface area contributed by atoms with E-state index in [1.165, 1.54) is 0 Å². The van der Waals surface area contributed by atoms with Crippen molar-refractivity contribution in [1.82, 2.24) is 4.72 Å². The molecule has 0 bridgehead atoms. The van der Waals surface area contributed by atoms with Gasteiger partial charge in [0.25, 0.3) is 0 Å². The molecule has 1 saturated carbocycles. The van der Waals surface area contributed by atoms with E-state index in [9.17, 15) is 8.42 Å². The summed E-state index contributed by atoms with van der Waals surface area (Å²) >= 11 is 0. The molecular weight excluding hydrogens is 300 g/mol. The zero-order chi connectivity index (χ0) is 15.6. The van der Waals surface area contributed by atoms with Crippen molar-refractivity contribution in [2.24, 2.45) is 5.92 Å². The summed E-state index contributed by atoms with van der Waals surface area (Å²) in [7, 11) is -3.28. The number of rotatable bonds is 5. The first-order valence-corrected chi connectivity index (χ1v) is 9.21. The highest BCUT2D eigenvalue weighted by molar-refractivity contribution is 7.90. The van der Waals surface area contributed by atoms with Crippen LogP contribution in [0.1, 0.15) is 30.4 Å². The average molecular weight is 320 g/mol. The van der Waals surface area contributed by atoms with E-state index in [-0.39, 0.29) is 12.0 Å². The normalized spacial score (nSPS) is 25.6. The van der Waals surface area contributed by atoms with Crippen LogP contribution in [0.5, 0.6) is 0 Å². The lowest BCUT2D eigenvalue weighted by atomic mass is 9.93. The van der Waals surface area contributed by atoms with Crippen LogP contribution in [0.2, 0.25) is 0 Å². The highest BCUT2D eigenvalue weighted by atomic mass is 32.2. The average Bonchev–Trinajstić information content (AvgIpc) is 3.32. The lowest BCUT2D eigenvalue weighted by Crippen LogP contribution is -2.45. The lowest BCUT2D eigenvalue weighted by Gasteiger charge is -2.31. The van der Waals surface area contributed by atoms with Crippen molar-refractivity contribution in [2.75, 3.05) is 13.2 Å². The van der Waals surface area contributed by atoms with Gasteiger partial charge >= 0.3 is 0 Å². The summed E-state index contributed by atoms with van der Waals surface area (Å²) < 4.78 is 33.4. The van der Waals surface area contributed by atoms with Gasteiger partial charge in [-0.15, -0.1) is 0 Å². The lowest BCUT2D eigenvalue weighted by molar-refractivity contribution is 0.0570. The molecular formula is C16H20N2O3S. The molecule has 0 amide bonds. The molecule has 1 N–H and O–H groups in total. The van der Waals surface area contributed by atoms with Crippen molar-refractivity contribution < 1.29 is 13.2 Å². The second kappa shape index (κ2) is 6.37. The number of ether oxygens (including phenoxy) is 1. The fraction of sp³-hybridized carbons (Fsp3) is 0.562. The Bertz CT molecular complexity index is 660. The number of nitrogens with zero attached hydrogens (tertiary/aromatic N) is 1. The maximum absolute atomic E-state index is 12.5. The molecule has 0 spiro atoms. The minimum absolute atomic E-state index is 0.0436. The number of nitrogens with one attached hydrogen (secondary N) is 1. The highest BCUT2D eigenvalue weighted by Gasteiger charge is 2.39. The second-order valence-corrected chi connectivity index (χ2v) is 8.04. The van der Waals surface area contributed by atoms with Crippen LogP contribution in [-0.2, 0) is 21.2 Å². The topological polar surface area (TPSA) is 79.2 Å². The molecule has 2 fully saturated rings. The van der Waals surface area contributed by atoms with Gasteiger partial charge in [0, 0.05) is 18.6 Å². The quantitative estimate of drug-likeness (QED) is 0.893. The van der Waals surface area contributed by atoms with E-state index in [0.717, 1.165) is 18.4 Å². The third-order valence-electron chi connectivity index (χ3n) is 4.29. The zero-order valence-electron chi connectivity index (χ0n) is 12.4. The van der Waals surface area contributed by atoms with Gasteiger partial charge in [-0.1, -0.05) is 12.1 Å². The largest absolute Gasteiger partial charge is 0.381 e. The molecule has 6 heteroatoms. The van der Waals surface area contributed by atoms with Gasteiger partial charge in [0.1, 0.15) is 0 Å². The smallest absolute Gasteiger partial charge is 0.215 e. The molecule has 118 valence electrons. The molecule has 2 aliphatic rings. The van der Waals surface area contributed by atoms with Crippen LogP contribution in [0.3, 0.4) is 0 Å². The number of nitriles is 1. The van der Waals surface area contributed by atoms with E-state index >= 15 is 0 Å². The molecule has 2 atom stereocenters. The first kappa shape index (κ1) is 15.5. The molecule has 0 radical (unpaired) electrons. The molecule has 1 aliphatic heterocycles. The number of hydrogen-bond acceptors (Lipinski definition) is 4. The predicted molar refractivity (Wildman–Crippen MR) is 82.7 cm³/mol. The Morgan fingerprint density at radius 1 is 1.23 bits per heavy atom. The fourth-order valence-corrected chi connectivity index (χ4v) is 4.88. The van der Waals surface area contributed by atoms with Crippen LogP contribution < -0.4 is 4.72 Å². The number of benzene rings is 1. The molecule has 2 unspecified atom stereocenters.